The van der Waals surface area contributed by atoms with Gasteiger partial charge < -0.3 is 10.6 Å². The third-order valence-electron chi connectivity index (χ3n) is 4.90. The lowest BCUT2D eigenvalue weighted by Gasteiger charge is -2.32. The highest BCUT2D eigenvalue weighted by molar-refractivity contribution is 7.15. The van der Waals surface area contributed by atoms with Crippen LogP contribution in [0, 0.1) is 5.41 Å². The van der Waals surface area contributed by atoms with E-state index in [9.17, 15) is 0 Å². The summed E-state index contributed by atoms with van der Waals surface area (Å²) in [5, 5.41) is 1.19. The van der Waals surface area contributed by atoms with Crippen LogP contribution in [0.3, 0.4) is 0 Å². The first-order valence-corrected chi connectivity index (χ1v) is 8.76. The maximum absolute atomic E-state index is 6.37. The van der Waals surface area contributed by atoms with E-state index in [4.69, 9.17) is 10.7 Å². The molecule has 2 aliphatic rings. The van der Waals surface area contributed by atoms with Gasteiger partial charge in [0.1, 0.15) is 0 Å². The van der Waals surface area contributed by atoms with Crippen LogP contribution < -0.4 is 10.6 Å². The van der Waals surface area contributed by atoms with Gasteiger partial charge in [-0.05, 0) is 31.1 Å². The molecule has 112 valence electrons. The summed E-state index contributed by atoms with van der Waals surface area (Å²) in [6, 6.07) is 0.861. The molecular formula is C16H27N3S. The van der Waals surface area contributed by atoms with E-state index in [1.165, 1.54) is 47.8 Å². The number of hydrogen-bond donors (Lipinski definition) is 1. The molecule has 0 aromatic carbocycles. The molecule has 0 radical (unpaired) electrons. The Morgan fingerprint density at radius 1 is 1.25 bits per heavy atom. The van der Waals surface area contributed by atoms with Crippen molar-refractivity contribution in [3.8, 4) is 0 Å². The molecule has 20 heavy (non-hydrogen) atoms. The second kappa shape index (κ2) is 5.30. The third-order valence-corrected chi connectivity index (χ3v) is 6.22. The minimum absolute atomic E-state index is 0.180. The fraction of sp³-hybridized carbons (Fsp3) is 0.812. The summed E-state index contributed by atoms with van der Waals surface area (Å²) in [5.41, 5.74) is 7.92. The predicted octanol–water partition coefficient (Wildman–Crippen LogP) is 3.88. The molecule has 4 heteroatoms. The molecule has 3 nitrogen and oxygen atoms in total. The van der Waals surface area contributed by atoms with Crippen LogP contribution in [-0.2, 0) is 6.42 Å². The summed E-state index contributed by atoms with van der Waals surface area (Å²) in [4.78, 5) is 8.69. The van der Waals surface area contributed by atoms with Gasteiger partial charge in [-0.1, -0.05) is 44.4 Å². The van der Waals surface area contributed by atoms with Crippen molar-refractivity contribution < 1.29 is 0 Å². The number of rotatable bonds is 2. The summed E-state index contributed by atoms with van der Waals surface area (Å²) < 4.78 is 0. The maximum atomic E-state index is 6.37. The lowest BCUT2D eigenvalue weighted by molar-refractivity contribution is 0.282. The lowest BCUT2D eigenvalue weighted by Crippen LogP contribution is -2.33. The van der Waals surface area contributed by atoms with Crippen molar-refractivity contribution in [2.24, 2.45) is 11.1 Å². The zero-order valence-electron chi connectivity index (χ0n) is 13.0. The summed E-state index contributed by atoms with van der Waals surface area (Å²) in [5.74, 6) is 0. The summed E-state index contributed by atoms with van der Waals surface area (Å²) in [6.07, 6.45) is 8.92. The number of fused-ring (bicyclic) bond motifs is 1. The van der Waals surface area contributed by atoms with E-state index < -0.39 is 0 Å². The van der Waals surface area contributed by atoms with Crippen LogP contribution >= 0.6 is 11.3 Å². The molecule has 0 amide bonds. The van der Waals surface area contributed by atoms with Crippen LogP contribution in [0.25, 0.3) is 0 Å². The Morgan fingerprint density at radius 3 is 2.65 bits per heavy atom. The smallest absolute Gasteiger partial charge is 0.185 e. The van der Waals surface area contributed by atoms with Crippen molar-refractivity contribution in [1.82, 2.24) is 4.98 Å². The number of thiazole rings is 1. The van der Waals surface area contributed by atoms with Crippen molar-refractivity contribution in [3.63, 3.8) is 0 Å². The number of nitrogens with two attached hydrogens (primary N) is 1. The summed E-state index contributed by atoms with van der Waals surface area (Å²) in [7, 11) is 2.22. The molecule has 0 saturated heterocycles. The molecule has 1 aromatic rings. The molecule has 1 unspecified atom stereocenters. The highest BCUT2D eigenvalue weighted by atomic mass is 32.1. The molecule has 0 aliphatic heterocycles. The predicted molar refractivity (Wildman–Crippen MR) is 86.4 cm³/mol. The van der Waals surface area contributed by atoms with Crippen molar-refractivity contribution in [3.05, 3.63) is 10.6 Å². The molecule has 1 heterocycles. The Bertz CT molecular complexity index is 474. The van der Waals surface area contributed by atoms with E-state index in [1.54, 1.807) is 0 Å². The highest BCUT2D eigenvalue weighted by Crippen LogP contribution is 2.44. The van der Waals surface area contributed by atoms with E-state index in [0.29, 0.717) is 11.5 Å². The van der Waals surface area contributed by atoms with E-state index in [2.05, 4.69) is 25.8 Å². The normalized spacial score (nSPS) is 26.3. The van der Waals surface area contributed by atoms with Gasteiger partial charge in [-0.2, -0.15) is 0 Å². The fourth-order valence-corrected chi connectivity index (χ4v) is 4.87. The lowest BCUT2D eigenvalue weighted by atomic mass is 9.77. The van der Waals surface area contributed by atoms with Crippen LogP contribution in [0.5, 0.6) is 0 Å². The molecular weight excluding hydrogens is 266 g/mol. The number of hydrogen-bond acceptors (Lipinski definition) is 4. The maximum Gasteiger partial charge on any atom is 0.185 e. The monoisotopic (exact) mass is 293 g/mol. The van der Waals surface area contributed by atoms with E-state index >= 15 is 0 Å². The molecule has 0 spiro atoms. The standard InChI is InChI=1S/C16H27N3S/c1-16(2)9-12(17)14-13(10-16)18-15(20-14)19(3)11-7-5-4-6-8-11/h11-12H,4-10,17H2,1-3H3. The number of nitrogens with zero attached hydrogens (tertiary/aromatic N) is 2. The van der Waals surface area contributed by atoms with Crippen LogP contribution in [0.4, 0.5) is 5.13 Å². The zero-order chi connectivity index (χ0) is 14.3. The second-order valence-corrected chi connectivity index (χ2v) is 8.37. The minimum atomic E-state index is 0.180. The molecule has 1 saturated carbocycles. The Morgan fingerprint density at radius 2 is 1.95 bits per heavy atom. The van der Waals surface area contributed by atoms with E-state index in [-0.39, 0.29) is 6.04 Å². The average Bonchev–Trinajstić information content (AvgIpc) is 2.81. The van der Waals surface area contributed by atoms with Gasteiger partial charge in [0.25, 0.3) is 0 Å². The summed E-state index contributed by atoms with van der Waals surface area (Å²) >= 11 is 1.84. The molecule has 1 atom stereocenters. The zero-order valence-corrected chi connectivity index (χ0v) is 13.8. The summed E-state index contributed by atoms with van der Waals surface area (Å²) in [6.45, 7) is 4.61. The first-order valence-electron chi connectivity index (χ1n) is 7.94. The average molecular weight is 293 g/mol. The van der Waals surface area contributed by atoms with E-state index in [1.807, 2.05) is 11.3 Å². The minimum Gasteiger partial charge on any atom is -0.348 e. The number of anilines is 1. The van der Waals surface area contributed by atoms with Crippen LogP contribution in [0.15, 0.2) is 0 Å². The topological polar surface area (TPSA) is 42.2 Å². The molecule has 3 rings (SSSR count). The third kappa shape index (κ3) is 2.73. The van der Waals surface area contributed by atoms with Gasteiger partial charge in [0.2, 0.25) is 0 Å². The SMILES string of the molecule is CN(c1nc2c(s1)C(N)CC(C)(C)C2)C1CCCCC1. The van der Waals surface area contributed by atoms with Crippen molar-refractivity contribution in [1.29, 1.82) is 0 Å². The quantitative estimate of drug-likeness (QED) is 0.899. The van der Waals surface area contributed by atoms with E-state index in [0.717, 1.165) is 12.8 Å². The van der Waals surface area contributed by atoms with Crippen LogP contribution in [0.1, 0.15) is 69.0 Å². The molecule has 2 aliphatic carbocycles. The first-order chi connectivity index (χ1) is 9.46. The van der Waals surface area contributed by atoms with Gasteiger partial charge in [-0.3, -0.25) is 0 Å². The largest absolute Gasteiger partial charge is 0.348 e. The van der Waals surface area contributed by atoms with Gasteiger partial charge in [0.05, 0.1) is 5.69 Å². The Labute approximate surface area is 126 Å². The van der Waals surface area contributed by atoms with Crippen LogP contribution in [0.2, 0.25) is 0 Å². The van der Waals surface area contributed by atoms with Gasteiger partial charge in [0.15, 0.2) is 5.13 Å². The molecule has 1 fully saturated rings. The highest BCUT2D eigenvalue weighted by Gasteiger charge is 2.34. The Kier molecular flexibility index (Phi) is 3.80. The Balaban J connectivity index is 1.82. The second-order valence-electron chi connectivity index (χ2n) is 7.36. The van der Waals surface area contributed by atoms with Gasteiger partial charge >= 0.3 is 0 Å². The van der Waals surface area contributed by atoms with Gasteiger partial charge in [-0.15, -0.1) is 0 Å². The van der Waals surface area contributed by atoms with Crippen LogP contribution in [-0.4, -0.2) is 18.1 Å². The first kappa shape index (κ1) is 14.3. The molecule has 1 aromatic heterocycles. The molecule has 0 bridgehead atoms. The van der Waals surface area contributed by atoms with Gasteiger partial charge in [-0.25, -0.2) is 4.98 Å². The Hall–Kier alpha value is -0.610. The van der Waals surface area contributed by atoms with Crippen molar-refractivity contribution >= 4 is 16.5 Å². The van der Waals surface area contributed by atoms with Crippen molar-refractivity contribution in [2.45, 2.75) is 70.9 Å². The fourth-order valence-electron chi connectivity index (χ4n) is 3.76. The number of aromatic nitrogens is 1. The van der Waals surface area contributed by atoms with Crippen molar-refractivity contribution in [2.75, 3.05) is 11.9 Å². The molecule has 2 N–H and O–H groups in total. The van der Waals surface area contributed by atoms with Gasteiger partial charge in [0, 0.05) is 24.0 Å².